The molecule has 0 spiro atoms. The Morgan fingerprint density at radius 2 is 1.88 bits per heavy atom. The number of nitrogens with two attached hydrogens (primary N) is 1. The topological polar surface area (TPSA) is 81.8 Å². The van der Waals surface area contributed by atoms with Crippen molar-refractivity contribution in [2.75, 3.05) is 11.2 Å². The van der Waals surface area contributed by atoms with E-state index >= 15 is 0 Å². The van der Waals surface area contributed by atoms with Crippen molar-refractivity contribution < 1.29 is 9.31 Å². The van der Waals surface area contributed by atoms with E-state index < -0.39 is 7.12 Å². The van der Waals surface area contributed by atoms with E-state index in [0.717, 1.165) is 11.0 Å². The van der Waals surface area contributed by atoms with Crippen molar-refractivity contribution >= 4 is 41.1 Å². The van der Waals surface area contributed by atoms with Gasteiger partial charge in [-0.05, 0) is 38.7 Å². The highest BCUT2D eigenvalue weighted by atomic mass is 32.1. The second kappa shape index (κ2) is 6.20. The highest BCUT2D eigenvalue weighted by molar-refractivity contribution is 7.14. The number of nitrogens with one attached hydrogen (secondary N) is 1. The lowest BCUT2D eigenvalue weighted by atomic mass is 9.76. The molecule has 0 radical (unpaired) electrons. The van der Waals surface area contributed by atoms with E-state index in [4.69, 9.17) is 15.0 Å². The first-order valence-corrected chi connectivity index (χ1v) is 8.61. The molecule has 8 heteroatoms. The van der Waals surface area contributed by atoms with Gasteiger partial charge in [0.15, 0.2) is 0 Å². The molecule has 3 rings (SSSR count). The number of rotatable bonds is 4. The maximum Gasteiger partial charge on any atom is 0.495 e. The van der Waals surface area contributed by atoms with Crippen molar-refractivity contribution in [3.05, 3.63) is 35.2 Å². The number of hydrogen-bond donors (Lipinski definition) is 2. The maximum atomic E-state index is 6.13. The minimum atomic E-state index is -0.423. The van der Waals surface area contributed by atoms with Crippen LogP contribution in [0.2, 0.25) is 0 Å². The molecule has 2 heterocycles. The Labute approximate surface area is 146 Å². The van der Waals surface area contributed by atoms with E-state index in [2.05, 4.69) is 15.5 Å². The number of anilines is 2. The van der Waals surface area contributed by atoms with Gasteiger partial charge in [0.2, 0.25) is 5.13 Å². The van der Waals surface area contributed by atoms with Crippen LogP contribution in [0.4, 0.5) is 10.9 Å². The number of nitrogens with zero attached hydrogens (tertiary/aromatic N) is 2. The minimum Gasteiger partial charge on any atom is -0.399 e. The summed E-state index contributed by atoms with van der Waals surface area (Å²) in [6.07, 6.45) is 1.73. The van der Waals surface area contributed by atoms with E-state index in [0.29, 0.717) is 10.9 Å². The Kier molecular flexibility index (Phi) is 4.37. The molecule has 1 saturated heterocycles. The van der Waals surface area contributed by atoms with Crippen LogP contribution in [0.25, 0.3) is 0 Å². The van der Waals surface area contributed by atoms with Gasteiger partial charge >= 0.3 is 7.12 Å². The molecule has 1 aromatic carbocycles. The predicted molar refractivity (Wildman–Crippen MR) is 99.9 cm³/mol. The fourth-order valence-electron chi connectivity index (χ4n) is 2.31. The van der Waals surface area contributed by atoms with Gasteiger partial charge in [-0.25, -0.2) is 4.98 Å². The normalized spacial score (nSPS) is 19.1. The first-order chi connectivity index (χ1) is 11.3. The molecular weight excluding hydrogens is 323 g/mol. The quantitative estimate of drug-likeness (QED) is 0.506. The largest absolute Gasteiger partial charge is 0.495 e. The lowest BCUT2D eigenvalue weighted by Crippen LogP contribution is -2.41. The zero-order chi connectivity index (χ0) is 17.4. The molecule has 0 saturated carbocycles. The lowest BCUT2D eigenvalue weighted by molar-refractivity contribution is 0.00578. The molecule has 1 aliphatic heterocycles. The van der Waals surface area contributed by atoms with Crippen molar-refractivity contribution in [3.8, 4) is 0 Å². The summed E-state index contributed by atoms with van der Waals surface area (Å²) in [4.78, 5) is 4.10. The standard InChI is InChI=1S/C16H21BN4O2S/c1-15(2)16(3,4)23-17(22-15)12-8-6-5-7-11(12)9-19-21-14-20-13(18)10-24-14/h5-10H,18H2,1-4H3,(H,20,21). The molecule has 1 aromatic heterocycles. The molecule has 1 fully saturated rings. The van der Waals surface area contributed by atoms with Crippen LogP contribution in [0.1, 0.15) is 33.3 Å². The van der Waals surface area contributed by atoms with Gasteiger partial charge in [-0.3, -0.25) is 5.43 Å². The summed E-state index contributed by atoms with van der Waals surface area (Å²) in [7, 11) is -0.423. The van der Waals surface area contributed by atoms with E-state index in [1.165, 1.54) is 11.3 Å². The van der Waals surface area contributed by atoms with E-state index in [1.54, 1.807) is 11.6 Å². The van der Waals surface area contributed by atoms with Gasteiger partial charge in [-0.1, -0.05) is 24.3 Å². The van der Waals surface area contributed by atoms with Gasteiger partial charge < -0.3 is 15.0 Å². The van der Waals surface area contributed by atoms with Crippen LogP contribution in [-0.4, -0.2) is 29.5 Å². The third kappa shape index (κ3) is 3.31. The molecule has 1 aliphatic rings. The Morgan fingerprint density at radius 3 is 2.50 bits per heavy atom. The number of nitrogen functional groups attached to an aromatic ring is 1. The monoisotopic (exact) mass is 344 g/mol. The fraction of sp³-hybridized carbons (Fsp3) is 0.375. The Balaban J connectivity index is 1.79. The second-order valence-electron chi connectivity index (χ2n) is 6.66. The lowest BCUT2D eigenvalue weighted by Gasteiger charge is -2.32. The molecule has 0 amide bonds. The summed E-state index contributed by atoms with van der Waals surface area (Å²) in [5, 5.41) is 6.65. The van der Waals surface area contributed by atoms with Gasteiger partial charge in [0.05, 0.1) is 17.4 Å². The van der Waals surface area contributed by atoms with Crippen LogP contribution in [0, 0.1) is 0 Å². The molecule has 2 aromatic rings. The Bertz CT molecular complexity index is 744. The molecule has 126 valence electrons. The summed E-state index contributed by atoms with van der Waals surface area (Å²) in [5.74, 6) is 0.482. The summed E-state index contributed by atoms with van der Waals surface area (Å²) in [6, 6.07) is 7.89. The third-order valence-corrected chi connectivity index (χ3v) is 5.15. The molecule has 0 bridgehead atoms. The van der Waals surface area contributed by atoms with E-state index in [-0.39, 0.29) is 11.2 Å². The van der Waals surface area contributed by atoms with Gasteiger partial charge in [-0.15, -0.1) is 11.3 Å². The number of hydrogen-bond acceptors (Lipinski definition) is 7. The predicted octanol–water partition coefficient (Wildman–Crippen LogP) is 2.47. The average Bonchev–Trinajstić information content (AvgIpc) is 3.00. The summed E-state index contributed by atoms with van der Waals surface area (Å²) in [5.41, 5.74) is 9.59. The highest BCUT2D eigenvalue weighted by Gasteiger charge is 2.52. The first kappa shape index (κ1) is 16.9. The summed E-state index contributed by atoms with van der Waals surface area (Å²) >= 11 is 1.40. The Morgan fingerprint density at radius 1 is 1.21 bits per heavy atom. The Hall–Kier alpha value is -1.90. The molecule has 3 N–H and O–H groups in total. The van der Waals surface area contributed by atoms with Crippen LogP contribution in [0.3, 0.4) is 0 Å². The van der Waals surface area contributed by atoms with Crippen molar-refractivity contribution in [1.82, 2.24) is 4.98 Å². The first-order valence-electron chi connectivity index (χ1n) is 7.73. The van der Waals surface area contributed by atoms with Gasteiger partial charge in [0.25, 0.3) is 0 Å². The van der Waals surface area contributed by atoms with E-state index in [1.807, 2.05) is 52.0 Å². The minimum absolute atomic E-state index is 0.376. The molecule has 0 atom stereocenters. The SMILES string of the molecule is CC1(C)OB(c2ccccc2C=NNc2nc(N)cs2)OC1(C)C. The van der Waals surface area contributed by atoms with E-state index in [9.17, 15) is 0 Å². The van der Waals surface area contributed by atoms with Crippen molar-refractivity contribution in [2.45, 2.75) is 38.9 Å². The van der Waals surface area contributed by atoms with Crippen molar-refractivity contribution in [3.63, 3.8) is 0 Å². The van der Waals surface area contributed by atoms with Gasteiger partial charge in [-0.2, -0.15) is 5.10 Å². The smallest absolute Gasteiger partial charge is 0.399 e. The summed E-state index contributed by atoms with van der Waals surface area (Å²) < 4.78 is 12.3. The number of hydrazone groups is 1. The van der Waals surface area contributed by atoms with Gasteiger partial charge in [0, 0.05) is 5.38 Å². The average molecular weight is 344 g/mol. The van der Waals surface area contributed by atoms with Crippen molar-refractivity contribution in [1.29, 1.82) is 0 Å². The third-order valence-electron chi connectivity index (χ3n) is 4.39. The molecule has 6 nitrogen and oxygen atoms in total. The van der Waals surface area contributed by atoms with Gasteiger partial charge in [0.1, 0.15) is 5.82 Å². The number of benzene rings is 1. The molecule has 24 heavy (non-hydrogen) atoms. The number of aromatic nitrogens is 1. The molecule has 0 aliphatic carbocycles. The maximum absolute atomic E-state index is 6.13. The summed E-state index contributed by atoms with van der Waals surface area (Å²) in [6.45, 7) is 8.16. The fourth-order valence-corrected chi connectivity index (χ4v) is 2.86. The van der Waals surface area contributed by atoms with Crippen molar-refractivity contribution in [2.24, 2.45) is 5.10 Å². The van der Waals surface area contributed by atoms with Crippen LogP contribution in [0.15, 0.2) is 34.7 Å². The zero-order valence-electron chi connectivity index (χ0n) is 14.2. The highest BCUT2D eigenvalue weighted by Crippen LogP contribution is 2.36. The van der Waals surface area contributed by atoms with Crippen LogP contribution in [0.5, 0.6) is 0 Å². The van der Waals surface area contributed by atoms with Crippen LogP contribution in [-0.2, 0) is 9.31 Å². The van der Waals surface area contributed by atoms with Crippen LogP contribution < -0.4 is 16.6 Å². The van der Waals surface area contributed by atoms with Crippen LogP contribution >= 0.6 is 11.3 Å². The molecular formula is C16H21BN4O2S. The number of thiazole rings is 1. The molecule has 0 unspecified atom stereocenters. The second-order valence-corrected chi connectivity index (χ2v) is 7.52. The zero-order valence-corrected chi connectivity index (χ0v) is 15.1.